The summed E-state index contributed by atoms with van der Waals surface area (Å²) >= 11 is 0. The number of aromatic nitrogens is 1. The molecular formula is C19H16BF3N2. The number of nitrogens with one attached hydrogen (secondary N) is 1. The number of hydrogen-bond acceptors (Lipinski definition) is 2. The van der Waals surface area contributed by atoms with E-state index in [1.165, 1.54) is 13.0 Å². The molecule has 25 heavy (non-hydrogen) atoms. The predicted molar refractivity (Wildman–Crippen MR) is 95.4 cm³/mol. The summed E-state index contributed by atoms with van der Waals surface area (Å²) in [6.45, 7) is 3.65. The number of fused-ring (bicyclic) bond motifs is 1. The fourth-order valence-corrected chi connectivity index (χ4v) is 2.89. The normalized spacial score (nSPS) is 11.7. The zero-order chi connectivity index (χ0) is 18.2. The van der Waals surface area contributed by atoms with Crippen LogP contribution in [0.4, 0.5) is 18.9 Å². The second-order valence-electron chi connectivity index (χ2n) is 6.03. The molecule has 1 N–H and O–H groups in total. The van der Waals surface area contributed by atoms with Gasteiger partial charge in [-0.05, 0) is 43.2 Å². The molecular weight excluding hydrogens is 324 g/mol. The van der Waals surface area contributed by atoms with Gasteiger partial charge in [0.25, 0.3) is 0 Å². The van der Waals surface area contributed by atoms with E-state index in [-0.39, 0.29) is 12.1 Å². The minimum absolute atomic E-state index is 0.233. The van der Waals surface area contributed by atoms with Gasteiger partial charge in [-0.1, -0.05) is 29.7 Å². The number of pyridine rings is 1. The lowest BCUT2D eigenvalue weighted by Gasteiger charge is -2.16. The van der Waals surface area contributed by atoms with Gasteiger partial charge in [0.15, 0.2) is 0 Å². The maximum atomic E-state index is 13.1. The predicted octanol–water partition coefficient (Wildman–Crippen LogP) is 4.28. The van der Waals surface area contributed by atoms with E-state index >= 15 is 0 Å². The first-order valence-electron chi connectivity index (χ1n) is 7.82. The van der Waals surface area contributed by atoms with Crippen molar-refractivity contribution in [3.8, 4) is 0 Å². The largest absolute Gasteiger partial charge is 0.416 e. The van der Waals surface area contributed by atoms with Crippen molar-refractivity contribution in [2.45, 2.75) is 26.6 Å². The molecule has 0 saturated heterocycles. The Labute approximate surface area is 145 Å². The van der Waals surface area contributed by atoms with Crippen molar-refractivity contribution in [2.24, 2.45) is 0 Å². The average Bonchev–Trinajstić information content (AvgIpc) is 2.53. The number of alkyl halides is 3. The van der Waals surface area contributed by atoms with E-state index in [0.29, 0.717) is 11.0 Å². The van der Waals surface area contributed by atoms with Gasteiger partial charge < -0.3 is 5.32 Å². The maximum absolute atomic E-state index is 13.1. The Morgan fingerprint density at radius 3 is 2.56 bits per heavy atom. The van der Waals surface area contributed by atoms with Crippen LogP contribution in [0.5, 0.6) is 0 Å². The number of halogens is 3. The van der Waals surface area contributed by atoms with Crippen LogP contribution in [0.15, 0.2) is 42.5 Å². The molecule has 0 unspecified atom stereocenters. The second-order valence-corrected chi connectivity index (χ2v) is 6.03. The summed E-state index contributed by atoms with van der Waals surface area (Å²) in [5, 5.41) is 4.07. The molecule has 1 aromatic heterocycles. The van der Waals surface area contributed by atoms with E-state index in [2.05, 4.69) is 10.3 Å². The Morgan fingerprint density at radius 1 is 1.08 bits per heavy atom. The number of nitrogens with zero attached hydrogens (tertiary/aromatic N) is 1. The third-order valence-electron chi connectivity index (χ3n) is 4.18. The quantitative estimate of drug-likeness (QED) is 0.720. The van der Waals surface area contributed by atoms with E-state index in [9.17, 15) is 13.2 Å². The van der Waals surface area contributed by atoms with Gasteiger partial charge in [0.05, 0.1) is 11.1 Å². The SMILES string of the molecule is [B]c1ccc2nc(C)cc(NCc3cccc(C(F)(F)F)c3C)c2c1. The van der Waals surface area contributed by atoms with Gasteiger partial charge >= 0.3 is 6.18 Å². The molecule has 0 aliphatic rings. The van der Waals surface area contributed by atoms with Crippen molar-refractivity contribution < 1.29 is 13.2 Å². The standard InChI is InChI=1S/C19H16BF3N2/c1-11-8-18(15-9-14(20)6-7-17(15)25-11)24-10-13-4-3-5-16(12(13)2)19(21,22)23/h3-9H,10H2,1-2H3,(H,24,25). The van der Waals surface area contributed by atoms with E-state index in [1.54, 1.807) is 12.1 Å². The molecule has 2 nitrogen and oxygen atoms in total. The molecule has 0 amide bonds. The highest BCUT2D eigenvalue weighted by Crippen LogP contribution is 2.33. The van der Waals surface area contributed by atoms with Crippen LogP contribution < -0.4 is 10.8 Å². The lowest BCUT2D eigenvalue weighted by molar-refractivity contribution is -0.138. The van der Waals surface area contributed by atoms with Crippen molar-refractivity contribution in [1.82, 2.24) is 4.98 Å². The number of anilines is 1. The van der Waals surface area contributed by atoms with E-state index in [4.69, 9.17) is 7.85 Å². The second kappa shape index (κ2) is 6.43. The Morgan fingerprint density at radius 2 is 1.84 bits per heavy atom. The first-order valence-corrected chi connectivity index (χ1v) is 7.82. The smallest absolute Gasteiger partial charge is 0.380 e. The molecule has 2 aromatic carbocycles. The summed E-state index contributed by atoms with van der Waals surface area (Å²) in [6.07, 6.45) is -4.35. The Hall–Kier alpha value is -2.50. The summed E-state index contributed by atoms with van der Waals surface area (Å²) in [6, 6.07) is 11.5. The molecule has 0 aliphatic heterocycles. The number of rotatable bonds is 3. The van der Waals surface area contributed by atoms with Crippen LogP contribution in [-0.4, -0.2) is 12.8 Å². The molecule has 0 aliphatic carbocycles. The van der Waals surface area contributed by atoms with Crippen LogP contribution in [0.1, 0.15) is 22.4 Å². The van der Waals surface area contributed by atoms with Gasteiger partial charge in [-0.25, -0.2) is 0 Å². The van der Waals surface area contributed by atoms with Gasteiger partial charge in [-0.2, -0.15) is 13.2 Å². The zero-order valence-electron chi connectivity index (χ0n) is 13.9. The van der Waals surface area contributed by atoms with Crippen molar-refractivity contribution >= 4 is 29.9 Å². The minimum Gasteiger partial charge on any atom is -0.380 e. The minimum atomic E-state index is -4.35. The van der Waals surface area contributed by atoms with Crippen LogP contribution in [0, 0.1) is 13.8 Å². The van der Waals surface area contributed by atoms with Crippen molar-refractivity contribution in [3.63, 3.8) is 0 Å². The van der Waals surface area contributed by atoms with Crippen LogP contribution in [0.25, 0.3) is 10.9 Å². The van der Waals surface area contributed by atoms with Gasteiger partial charge in [0.1, 0.15) is 7.85 Å². The fraction of sp³-hybridized carbons (Fsp3) is 0.211. The Kier molecular flexibility index (Phi) is 4.46. The zero-order valence-corrected chi connectivity index (χ0v) is 13.9. The van der Waals surface area contributed by atoms with Crippen LogP contribution in [0.3, 0.4) is 0 Å². The molecule has 0 fully saturated rings. The van der Waals surface area contributed by atoms with E-state index < -0.39 is 11.7 Å². The molecule has 126 valence electrons. The number of aryl methyl sites for hydroxylation is 1. The first kappa shape index (κ1) is 17.3. The maximum Gasteiger partial charge on any atom is 0.416 e. The Bertz CT molecular complexity index is 936. The third-order valence-corrected chi connectivity index (χ3v) is 4.18. The highest BCUT2D eigenvalue weighted by atomic mass is 19.4. The van der Waals surface area contributed by atoms with Gasteiger partial charge in [-0.15, -0.1) is 0 Å². The third kappa shape index (κ3) is 3.63. The van der Waals surface area contributed by atoms with Crippen LogP contribution in [0.2, 0.25) is 0 Å². The highest BCUT2D eigenvalue weighted by molar-refractivity contribution is 6.33. The van der Waals surface area contributed by atoms with Gasteiger partial charge in [0, 0.05) is 23.3 Å². The number of hydrogen-bond donors (Lipinski definition) is 1. The molecule has 3 rings (SSSR count). The molecule has 0 atom stereocenters. The lowest BCUT2D eigenvalue weighted by atomic mass is 9.94. The summed E-state index contributed by atoms with van der Waals surface area (Å²) in [4.78, 5) is 4.45. The van der Waals surface area contributed by atoms with Gasteiger partial charge in [-0.3, -0.25) is 4.98 Å². The topological polar surface area (TPSA) is 24.9 Å². The molecule has 3 aromatic rings. The molecule has 0 spiro atoms. The molecule has 0 saturated carbocycles. The molecule has 6 heteroatoms. The monoisotopic (exact) mass is 340 g/mol. The van der Waals surface area contributed by atoms with Gasteiger partial charge in [0.2, 0.25) is 0 Å². The van der Waals surface area contributed by atoms with Crippen molar-refractivity contribution in [1.29, 1.82) is 0 Å². The fourth-order valence-electron chi connectivity index (χ4n) is 2.89. The molecule has 2 radical (unpaired) electrons. The number of benzene rings is 2. The lowest BCUT2D eigenvalue weighted by Crippen LogP contribution is -2.11. The van der Waals surface area contributed by atoms with E-state index in [1.807, 2.05) is 25.1 Å². The summed E-state index contributed by atoms with van der Waals surface area (Å²) in [5.41, 5.74) is 3.24. The van der Waals surface area contributed by atoms with Crippen molar-refractivity contribution in [3.05, 3.63) is 64.8 Å². The van der Waals surface area contributed by atoms with E-state index in [0.717, 1.165) is 28.4 Å². The summed E-state index contributed by atoms with van der Waals surface area (Å²) in [7, 11) is 5.85. The molecule has 0 bridgehead atoms. The molecule has 1 heterocycles. The van der Waals surface area contributed by atoms with Crippen LogP contribution in [-0.2, 0) is 12.7 Å². The summed E-state index contributed by atoms with van der Waals surface area (Å²) in [5.74, 6) is 0. The Balaban J connectivity index is 1.95. The van der Waals surface area contributed by atoms with Crippen LogP contribution >= 0.6 is 0 Å². The highest BCUT2D eigenvalue weighted by Gasteiger charge is 2.32. The first-order chi connectivity index (χ1) is 11.8. The summed E-state index contributed by atoms with van der Waals surface area (Å²) < 4.78 is 39.2. The average molecular weight is 340 g/mol. The van der Waals surface area contributed by atoms with Crippen molar-refractivity contribution in [2.75, 3.05) is 5.32 Å².